The predicted octanol–water partition coefficient (Wildman–Crippen LogP) is 3.78. The van der Waals surface area contributed by atoms with E-state index in [9.17, 15) is 27.5 Å². The number of benzene rings is 1. The fourth-order valence-corrected chi connectivity index (χ4v) is 7.77. The molecule has 0 aromatic heterocycles. The first-order chi connectivity index (χ1) is 17.6. The molecule has 1 aromatic carbocycles. The van der Waals surface area contributed by atoms with E-state index in [4.69, 9.17) is 5.73 Å². The third kappa shape index (κ3) is 5.48. The van der Waals surface area contributed by atoms with Crippen molar-refractivity contribution in [2.45, 2.75) is 55.7 Å². The highest BCUT2D eigenvalue weighted by Crippen LogP contribution is 2.69. The van der Waals surface area contributed by atoms with Gasteiger partial charge in [-0.2, -0.15) is 13.2 Å². The highest BCUT2D eigenvalue weighted by molar-refractivity contribution is 8.14. The van der Waals surface area contributed by atoms with Crippen LogP contribution in [0.3, 0.4) is 0 Å². The molecule has 12 heteroatoms. The Balaban J connectivity index is 1.29. The average Bonchev–Trinajstić information content (AvgIpc) is 3.18. The Labute approximate surface area is 217 Å². The molecular formula is C25H33F4N5O2S. The third-order valence-electron chi connectivity index (χ3n) is 8.38. The van der Waals surface area contributed by atoms with Gasteiger partial charge in [-0.15, -0.1) is 11.8 Å². The van der Waals surface area contributed by atoms with Crippen LogP contribution >= 0.6 is 11.8 Å². The van der Waals surface area contributed by atoms with Gasteiger partial charge in [-0.1, -0.05) is 0 Å². The number of anilines is 1. The van der Waals surface area contributed by atoms with E-state index in [1.165, 1.54) is 0 Å². The Morgan fingerprint density at radius 2 is 2.16 bits per heavy atom. The molecule has 7 nitrogen and oxygen atoms in total. The standard InChI is InChI=1S/C25H33F4N5O2S/c26-19-3-2-15(10-17(19)25(27,28)29)32-23(36)34(8-1-7-33-9-5-16(35)14-33)20-4-6-24(11-18(20)24)21-13-31-22(12-30)37-21/h2-3,10,16,18,20-21,35H,1,4-9,11-14,30H2,(H,32,36)/t16-,18-,20-,21?,24+/m1/s1. The number of β-amino-alcohol motifs (C(OH)–C–C–N with tert-alkyl or cyclic N) is 1. The highest BCUT2D eigenvalue weighted by atomic mass is 32.2. The summed E-state index contributed by atoms with van der Waals surface area (Å²) in [5.41, 5.74) is 4.41. The molecule has 5 rings (SSSR count). The number of rotatable bonds is 8. The topological polar surface area (TPSA) is 94.2 Å². The van der Waals surface area contributed by atoms with Crippen LogP contribution in [0.15, 0.2) is 23.2 Å². The normalized spacial score (nSPS) is 31.4. The summed E-state index contributed by atoms with van der Waals surface area (Å²) in [6.07, 6.45) is -0.960. The Kier molecular flexibility index (Phi) is 7.47. The summed E-state index contributed by atoms with van der Waals surface area (Å²) in [5.74, 6) is -1.06. The van der Waals surface area contributed by atoms with Gasteiger partial charge in [0.2, 0.25) is 0 Å². The van der Waals surface area contributed by atoms with Gasteiger partial charge in [0.25, 0.3) is 0 Å². The van der Waals surface area contributed by atoms with Crippen LogP contribution < -0.4 is 11.1 Å². The number of aliphatic hydroxyl groups excluding tert-OH is 1. The van der Waals surface area contributed by atoms with Crippen LogP contribution in [0, 0.1) is 17.2 Å². The zero-order valence-electron chi connectivity index (χ0n) is 20.5. The molecule has 37 heavy (non-hydrogen) atoms. The lowest BCUT2D eigenvalue weighted by molar-refractivity contribution is -0.139. The second kappa shape index (κ2) is 10.3. The van der Waals surface area contributed by atoms with Crippen molar-refractivity contribution < 1.29 is 27.5 Å². The first-order valence-electron chi connectivity index (χ1n) is 12.9. The van der Waals surface area contributed by atoms with E-state index < -0.39 is 23.6 Å². The number of alkyl halides is 3. The molecule has 0 bridgehead atoms. The van der Waals surface area contributed by atoms with E-state index in [2.05, 4.69) is 15.2 Å². The minimum Gasteiger partial charge on any atom is -0.392 e. The van der Waals surface area contributed by atoms with Gasteiger partial charge in [-0.25, -0.2) is 9.18 Å². The molecule has 4 N–H and O–H groups in total. The lowest BCUT2D eigenvalue weighted by Gasteiger charge is -2.31. The van der Waals surface area contributed by atoms with E-state index >= 15 is 0 Å². The number of carbonyl (C=O) groups is 1. The van der Waals surface area contributed by atoms with Crippen LogP contribution in [0.1, 0.15) is 37.7 Å². The first-order valence-corrected chi connectivity index (χ1v) is 13.7. The summed E-state index contributed by atoms with van der Waals surface area (Å²) in [7, 11) is 0. The number of carbonyl (C=O) groups excluding carboxylic acids is 1. The molecule has 204 valence electrons. The molecule has 1 aromatic rings. The number of urea groups is 1. The number of thioether (sulfide) groups is 1. The molecule has 5 atom stereocenters. The molecule has 2 aliphatic carbocycles. The SMILES string of the molecule is NCC1=NCC([C@]23CC[C@@H](N(CCCN4CC[C@@H](O)C4)C(=O)Nc4ccc(F)c(C(F)(F)F)c4)[C@H]2C3)S1. The Bertz CT molecular complexity index is 1060. The molecule has 3 fully saturated rings. The van der Waals surface area contributed by atoms with Crippen molar-refractivity contribution in [3.05, 3.63) is 29.6 Å². The number of amides is 2. The van der Waals surface area contributed by atoms with Gasteiger partial charge >= 0.3 is 12.2 Å². The van der Waals surface area contributed by atoms with E-state index in [0.29, 0.717) is 43.3 Å². The van der Waals surface area contributed by atoms with E-state index in [1.807, 2.05) is 0 Å². The van der Waals surface area contributed by atoms with Gasteiger partial charge in [0, 0.05) is 43.2 Å². The number of halogens is 4. The number of likely N-dealkylation sites (tertiary alicyclic amines) is 1. The van der Waals surface area contributed by atoms with Gasteiger partial charge in [-0.3, -0.25) is 4.99 Å². The second-order valence-electron chi connectivity index (χ2n) is 10.6. The van der Waals surface area contributed by atoms with Crippen molar-refractivity contribution in [1.82, 2.24) is 9.80 Å². The van der Waals surface area contributed by atoms with Gasteiger partial charge in [0.05, 0.1) is 23.3 Å². The van der Waals surface area contributed by atoms with Crippen LogP contribution in [0.4, 0.5) is 28.0 Å². The number of aliphatic hydroxyl groups is 1. The molecule has 2 aliphatic heterocycles. The van der Waals surface area contributed by atoms with E-state index in [1.54, 1.807) is 16.7 Å². The molecule has 1 unspecified atom stereocenters. The summed E-state index contributed by atoms with van der Waals surface area (Å²) in [5, 5.41) is 13.7. The van der Waals surface area contributed by atoms with Crippen molar-refractivity contribution in [3.8, 4) is 0 Å². The number of hydrogen-bond donors (Lipinski definition) is 3. The van der Waals surface area contributed by atoms with Crippen LogP contribution in [-0.2, 0) is 6.18 Å². The number of fused-ring (bicyclic) bond motifs is 1. The zero-order valence-corrected chi connectivity index (χ0v) is 21.3. The van der Waals surface area contributed by atoms with Gasteiger partial charge < -0.3 is 26.0 Å². The smallest absolute Gasteiger partial charge is 0.392 e. The van der Waals surface area contributed by atoms with Gasteiger partial charge in [0.15, 0.2) is 0 Å². The lowest BCUT2D eigenvalue weighted by Crippen LogP contribution is -2.44. The summed E-state index contributed by atoms with van der Waals surface area (Å²) in [6, 6.07) is 2.05. The summed E-state index contributed by atoms with van der Waals surface area (Å²) >= 11 is 1.75. The molecule has 2 amide bonds. The molecular weight excluding hydrogens is 510 g/mol. The third-order valence-corrected chi connectivity index (χ3v) is 9.85. The maximum atomic E-state index is 13.8. The molecule has 0 radical (unpaired) electrons. The second-order valence-corrected chi connectivity index (χ2v) is 11.9. The minimum absolute atomic E-state index is 0.0192. The molecule has 0 spiro atoms. The largest absolute Gasteiger partial charge is 0.419 e. The minimum atomic E-state index is -4.85. The summed E-state index contributed by atoms with van der Waals surface area (Å²) in [6.45, 7) is 3.76. The van der Waals surface area contributed by atoms with E-state index in [0.717, 1.165) is 62.5 Å². The number of nitrogens with zero attached hydrogens (tertiary/aromatic N) is 3. The number of aliphatic imine (C=N–C) groups is 1. The summed E-state index contributed by atoms with van der Waals surface area (Å²) < 4.78 is 53.4. The van der Waals surface area contributed by atoms with Crippen molar-refractivity contribution in [2.75, 3.05) is 44.6 Å². The monoisotopic (exact) mass is 543 g/mol. The van der Waals surface area contributed by atoms with Gasteiger partial charge in [0.1, 0.15) is 5.82 Å². The van der Waals surface area contributed by atoms with Crippen molar-refractivity contribution in [2.24, 2.45) is 22.1 Å². The fourth-order valence-electron chi connectivity index (χ4n) is 6.43. The van der Waals surface area contributed by atoms with E-state index in [-0.39, 0.29) is 23.2 Å². The van der Waals surface area contributed by atoms with Crippen molar-refractivity contribution >= 4 is 28.5 Å². The molecule has 2 saturated carbocycles. The Hall–Kier alpha value is -1.89. The highest BCUT2D eigenvalue weighted by Gasteiger charge is 2.67. The predicted molar refractivity (Wildman–Crippen MR) is 135 cm³/mol. The quantitative estimate of drug-likeness (QED) is 0.434. The van der Waals surface area contributed by atoms with Crippen LogP contribution in [0.25, 0.3) is 0 Å². The maximum absolute atomic E-state index is 13.8. The van der Waals surface area contributed by atoms with Crippen LogP contribution in [0.2, 0.25) is 0 Å². The van der Waals surface area contributed by atoms with Gasteiger partial charge in [-0.05, 0) is 68.2 Å². The Morgan fingerprint density at radius 3 is 2.81 bits per heavy atom. The molecule has 1 saturated heterocycles. The Morgan fingerprint density at radius 1 is 1.35 bits per heavy atom. The maximum Gasteiger partial charge on any atom is 0.419 e. The first kappa shape index (κ1) is 26.7. The molecule has 4 aliphatic rings. The number of nitrogens with two attached hydrogens (primary N) is 1. The molecule has 2 heterocycles. The van der Waals surface area contributed by atoms with Crippen molar-refractivity contribution in [1.29, 1.82) is 0 Å². The fraction of sp³-hybridized carbons (Fsp3) is 0.680. The lowest BCUT2D eigenvalue weighted by atomic mass is 9.99. The zero-order chi connectivity index (χ0) is 26.4. The summed E-state index contributed by atoms with van der Waals surface area (Å²) in [4.78, 5) is 21.9. The van der Waals surface area contributed by atoms with Crippen LogP contribution in [-0.4, -0.2) is 82.6 Å². The number of nitrogens with one attached hydrogen (secondary N) is 1. The number of hydrogen-bond acceptors (Lipinski definition) is 6. The van der Waals surface area contributed by atoms with Crippen molar-refractivity contribution in [3.63, 3.8) is 0 Å². The van der Waals surface area contributed by atoms with Crippen LogP contribution in [0.5, 0.6) is 0 Å². The average molecular weight is 544 g/mol.